The minimum atomic E-state index is -0.858. The lowest BCUT2D eigenvalue weighted by molar-refractivity contribution is 0.507. The summed E-state index contributed by atoms with van der Waals surface area (Å²) in [5.74, 6) is -1.69. The maximum absolute atomic E-state index is 12.8. The quantitative estimate of drug-likeness (QED) is 0.611. The van der Waals surface area contributed by atoms with E-state index in [1.807, 2.05) is 0 Å². The van der Waals surface area contributed by atoms with E-state index in [2.05, 4.69) is 13.2 Å². The average Bonchev–Trinajstić information content (AvgIpc) is 2.10. The molecule has 0 N–H and O–H groups in total. The van der Waals surface area contributed by atoms with Crippen LogP contribution in [0.25, 0.3) is 5.57 Å². The van der Waals surface area contributed by atoms with Gasteiger partial charge >= 0.3 is 0 Å². The molecule has 0 heterocycles. The van der Waals surface area contributed by atoms with E-state index in [-0.39, 0.29) is 0 Å². The summed E-state index contributed by atoms with van der Waals surface area (Å²) in [6.07, 6.45) is 1.51. The first kappa shape index (κ1) is 9.65. The average molecular weight is 180 g/mol. The van der Waals surface area contributed by atoms with Crippen LogP contribution in [0.2, 0.25) is 0 Å². The molecule has 0 atom stereocenters. The van der Waals surface area contributed by atoms with Crippen LogP contribution in [0.3, 0.4) is 0 Å². The summed E-state index contributed by atoms with van der Waals surface area (Å²) in [6.45, 7) is 8.88. The SMILES string of the molecule is C=CC(=C)c1cc(F)c(F)cc1C. The summed E-state index contributed by atoms with van der Waals surface area (Å²) in [5, 5.41) is 0. The minimum absolute atomic E-state index is 0.592. The molecule has 0 aliphatic rings. The fourth-order valence-electron chi connectivity index (χ4n) is 1.10. The molecule has 1 aromatic carbocycles. The Labute approximate surface area is 76.2 Å². The summed E-state index contributed by atoms with van der Waals surface area (Å²) < 4.78 is 25.5. The molecule has 0 saturated heterocycles. The molecule has 0 bridgehead atoms. The fourth-order valence-corrected chi connectivity index (χ4v) is 1.10. The van der Waals surface area contributed by atoms with Crippen molar-refractivity contribution in [1.82, 2.24) is 0 Å². The largest absolute Gasteiger partial charge is 0.204 e. The van der Waals surface area contributed by atoms with E-state index in [4.69, 9.17) is 0 Å². The van der Waals surface area contributed by atoms with Crippen LogP contribution in [0.4, 0.5) is 8.78 Å². The van der Waals surface area contributed by atoms with Gasteiger partial charge in [0.2, 0.25) is 0 Å². The summed E-state index contributed by atoms with van der Waals surface area (Å²) >= 11 is 0. The number of rotatable bonds is 2. The number of benzene rings is 1. The van der Waals surface area contributed by atoms with Gasteiger partial charge < -0.3 is 0 Å². The number of halogens is 2. The Balaban J connectivity index is 3.31. The fraction of sp³-hybridized carbons (Fsp3) is 0.0909. The molecule has 0 aliphatic heterocycles. The zero-order valence-corrected chi connectivity index (χ0v) is 7.40. The predicted octanol–water partition coefficient (Wildman–Crippen LogP) is 3.47. The molecule has 68 valence electrons. The number of aryl methyl sites for hydroxylation is 1. The van der Waals surface area contributed by atoms with Gasteiger partial charge in [-0.3, -0.25) is 0 Å². The van der Waals surface area contributed by atoms with Gasteiger partial charge in [-0.15, -0.1) is 0 Å². The number of allylic oxidation sites excluding steroid dienone is 2. The van der Waals surface area contributed by atoms with E-state index in [0.29, 0.717) is 16.7 Å². The van der Waals surface area contributed by atoms with Crippen molar-refractivity contribution >= 4 is 5.57 Å². The lowest BCUT2D eigenvalue weighted by Gasteiger charge is -2.05. The highest BCUT2D eigenvalue weighted by atomic mass is 19.2. The normalized spacial score (nSPS) is 9.77. The van der Waals surface area contributed by atoms with Crippen molar-refractivity contribution in [2.24, 2.45) is 0 Å². The van der Waals surface area contributed by atoms with Crippen LogP contribution >= 0.6 is 0 Å². The predicted molar refractivity (Wildman–Crippen MR) is 50.3 cm³/mol. The smallest absolute Gasteiger partial charge is 0.159 e. The summed E-state index contributed by atoms with van der Waals surface area (Å²) in [7, 11) is 0. The molecule has 0 saturated carbocycles. The Hall–Kier alpha value is -1.44. The molecule has 0 radical (unpaired) electrons. The van der Waals surface area contributed by atoms with Crippen LogP contribution in [-0.2, 0) is 0 Å². The van der Waals surface area contributed by atoms with E-state index < -0.39 is 11.6 Å². The first-order valence-electron chi connectivity index (χ1n) is 3.83. The van der Waals surface area contributed by atoms with Crippen molar-refractivity contribution in [3.05, 3.63) is 54.1 Å². The van der Waals surface area contributed by atoms with Crippen LogP contribution < -0.4 is 0 Å². The zero-order valence-electron chi connectivity index (χ0n) is 7.40. The standard InChI is InChI=1S/C11H10F2/c1-4-7(2)9-6-11(13)10(12)5-8(9)3/h4-6H,1-2H2,3H3. The van der Waals surface area contributed by atoms with Gasteiger partial charge in [-0.25, -0.2) is 8.78 Å². The van der Waals surface area contributed by atoms with Crippen LogP contribution in [0.5, 0.6) is 0 Å². The van der Waals surface area contributed by atoms with Gasteiger partial charge in [0, 0.05) is 0 Å². The Bertz CT molecular complexity index is 365. The van der Waals surface area contributed by atoms with Gasteiger partial charge in [-0.2, -0.15) is 0 Å². The highest BCUT2D eigenvalue weighted by Crippen LogP contribution is 2.21. The highest BCUT2D eigenvalue weighted by Gasteiger charge is 2.07. The first-order valence-corrected chi connectivity index (χ1v) is 3.83. The summed E-state index contributed by atoms with van der Waals surface area (Å²) in [6, 6.07) is 2.29. The molecule has 0 nitrogen and oxygen atoms in total. The number of hydrogen-bond donors (Lipinski definition) is 0. The first-order chi connectivity index (χ1) is 6.06. The van der Waals surface area contributed by atoms with Gasteiger partial charge in [0.15, 0.2) is 11.6 Å². The summed E-state index contributed by atoms with van der Waals surface area (Å²) in [4.78, 5) is 0. The lowest BCUT2D eigenvalue weighted by Crippen LogP contribution is -1.91. The monoisotopic (exact) mass is 180 g/mol. The third-order valence-electron chi connectivity index (χ3n) is 1.86. The molecule has 0 aromatic heterocycles. The Morgan fingerprint density at radius 2 is 1.85 bits per heavy atom. The van der Waals surface area contributed by atoms with Gasteiger partial charge in [-0.05, 0) is 35.8 Å². The Morgan fingerprint density at radius 1 is 1.31 bits per heavy atom. The Kier molecular flexibility index (Phi) is 2.61. The van der Waals surface area contributed by atoms with Crippen LogP contribution in [0.15, 0.2) is 31.4 Å². The molecule has 13 heavy (non-hydrogen) atoms. The van der Waals surface area contributed by atoms with Crippen molar-refractivity contribution in [3.8, 4) is 0 Å². The minimum Gasteiger partial charge on any atom is -0.204 e. The van der Waals surface area contributed by atoms with E-state index in [9.17, 15) is 8.78 Å². The molecule has 1 rings (SSSR count). The second-order valence-electron chi connectivity index (χ2n) is 2.81. The maximum Gasteiger partial charge on any atom is 0.159 e. The van der Waals surface area contributed by atoms with Crippen LogP contribution in [-0.4, -0.2) is 0 Å². The van der Waals surface area contributed by atoms with E-state index in [1.54, 1.807) is 6.92 Å². The van der Waals surface area contributed by atoms with Crippen molar-refractivity contribution in [2.75, 3.05) is 0 Å². The van der Waals surface area contributed by atoms with Gasteiger partial charge in [0.1, 0.15) is 0 Å². The van der Waals surface area contributed by atoms with Crippen molar-refractivity contribution < 1.29 is 8.78 Å². The van der Waals surface area contributed by atoms with Crippen LogP contribution in [0.1, 0.15) is 11.1 Å². The molecule has 0 amide bonds. The van der Waals surface area contributed by atoms with Gasteiger partial charge in [-0.1, -0.05) is 19.2 Å². The van der Waals surface area contributed by atoms with Crippen molar-refractivity contribution in [3.63, 3.8) is 0 Å². The van der Waals surface area contributed by atoms with Crippen molar-refractivity contribution in [2.45, 2.75) is 6.92 Å². The van der Waals surface area contributed by atoms with Crippen LogP contribution in [0, 0.1) is 18.6 Å². The molecular formula is C11H10F2. The zero-order chi connectivity index (χ0) is 10.0. The van der Waals surface area contributed by atoms with Crippen molar-refractivity contribution in [1.29, 1.82) is 0 Å². The number of hydrogen-bond acceptors (Lipinski definition) is 0. The summed E-state index contributed by atoms with van der Waals surface area (Å²) in [5.41, 5.74) is 1.84. The second-order valence-corrected chi connectivity index (χ2v) is 2.81. The second kappa shape index (κ2) is 3.52. The third kappa shape index (κ3) is 1.83. The molecule has 0 fully saturated rings. The molecule has 0 unspecified atom stereocenters. The molecule has 1 aromatic rings. The molecule has 0 spiro atoms. The third-order valence-corrected chi connectivity index (χ3v) is 1.86. The molecule has 0 aliphatic carbocycles. The van der Waals surface area contributed by atoms with Gasteiger partial charge in [0.25, 0.3) is 0 Å². The molecular weight excluding hydrogens is 170 g/mol. The van der Waals surface area contributed by atoms with E-state index in [1.165, 1.54) is 6.08 Å². The van der Waals surface area contributed by atoms with Gasteiger partial charge in [0.05, 0.1) is 0 Å². The van der Waals surface area contributed by atoms with E-state index in [0.717, 1.165) is 12.1 Å². The van der Waals surface area contributed by atoms with E-state index >= 15 is 0 Å². The maximum atomic E-state index is 12.8. The topological polar surface area (TPSA) is 0 Å². The molecule has 2 heteroatoms. The Morgan fingerprint density at radius 3 is 2.38 bits per heavy atom. The lowest BCUT2D eigenvalue weighted by atomic mass is 10.0. The highest BCUT2D eigenvalue weighted by molar-refractivity contribution is 5.73.